The number of amides is 1. The third-order valence-corrected chi connectivity index (χ3v) is 5.24. The molecule has 29 heavy (non-hydrogen) atoms. The average Bonchev–Trinajstić information content (AvgIpc) is 3.12. The minimum absolute atomic E-state index is 0.0100. The van der Waals surface area contributed by atoms with E-state index in [1.807, 2.05) is 19.1 Å². The predicted octanol–water partition coefficient (Wildman–Crippen LogP) is 4.79. The molecule has 1 N–H and O–H groups in total. The SMILES string of the molecule is Cc1ccc(-c2cc(C(F)(F)F)n3nc(C(=O)NC4CCCCC4)cc3n2)cc1. The zero-order valence-electron chi connectivity index (χ0n) is 16.0. The molecule has 0 unspecified atom stereocenters. The molecule has 152 valence electrons. The van der Waals surface area contributed by atoms with Gasteiger partial charge in [0.25, 0.3) is 5.91 Å². The lowest BCUT2D eigenvalue weighted by Gasteiger charge is -2.22. The second kappa shape index (κ2) is 7.50. The van der Waals surface area contributed by atoms with E-state index in [0.29, 0.717) is 10.1 Å². The summed E-state index contributed by atoms with van der Waals surface area (Å²) in [6.45, 7) is 1.90. The molecular formula is C21H21F3N4O. The Kier molecular flexibility index (Phi) is 5.02. The maximum Gasteiger partial charge on any atom is 0.433 e. The van der Waals surface area contributed by atoms with Crippen molar-refractivity contribution in [1.29, 1.82) is 0 Å². The van der Waals surface area contributed by atoms with Crippen molar-refractivity contribution in [1.82, 2.24) is 19.9 Å². The normalized spacial score (nSPS) is 15.6. The average molecular weight is 402 g/mol. The Hall–Kier alpha value is -2.90. The number of halogens is 3. The van der Waals surface area contributed by atoms with Gasteiger partial charge in [0.1, 0.15) is 0 Å². The van der Waals surface area contributed by atoms with Gasteiger partial charge in [-0.1, -0.05) is 49.1 Å². The van der Waals surface area contributed by atoms with Crippen molar-refractivity contribution in [2.24, 2.45) is 0 Å². The van der Waals surface area contributed by atoms with E-state index in [4.69, 9.17) is 0 Å². The number of rotatable bonds is 3. The summed E-state index contributed by atoms with van der Waals surface area (Å²) in [6, 6.07) is 9.39. The largest absolute Gasteiger partial charge is 0.433 e. The number of fused-ring (bicyclic) bond motifs is 1. The monoisotopic (exact) mass is 402 g/mol. The first kappa shape index (κ1) is 19.4. The van der Waals surface area contributed by atoms with E-state index < -0.39 is 17.8 Å². The Balaban J connectivity index is 1.73. The first-order valence-corrected chi connectivity index (χ1v) is 9.67. The molecule has 0 radical (unpaired) electrons. The number of alkyl halides is 3. The van der Waals surface area contributed by atoms with Gasteiger partial charge >= 0.3 is 6.18 Å². The standard InChI is InChI=1S/C21H21F3N4O/c1-13-7-9-14(10-8-13)16-11-18(21(22,23)24)28-19(26-16)12-17(27-28)20(29)25-15-5-3-2-4-6-15/h7-12,15H,2-6H2,1H3,(H,25,29). The van der Waals surface area contributed by atoms with Crippen molar-refractivity contribution >= 4 is 11.6 Å². The first-order chi connectivity index (χ1) is 13.8. The van der Waals surface area contributed by atoms with Gasteiger partial charge < -0.3 is 5.32 Å². The molecule has 1 aromatic carbocycles. The van der Waals surface area contributed by atoms with Gasteiger partial charge in [0, 0.05) is 17.7 Å². The Morgan fingerprint density at radius 2 is 1.79 bits per heavy atom. The van der Waals surface area contributed by atoms with E-state index in [9.17, 15) is 18.0 Å². The van der Waals surface area contributed by atoms with Gasteiger partial charge in [-0.15, -0.1) is 0 Å². The number of carbonyl (C=O) groups excluding carboxylic acids is 1. The summed E-state index contributed by atoms with van der Waals surface area (Å²) < 4.78 is 41.7. The van der Waals surface area contributed by atoms with Gasteiger partial charge in [0.2, 0.25) is 0 Å². The molecule has 3 aromatic rings. The maximum atomic E-state index is 13.7. The fourth-order valence-corrected chi connectivity index (χ4v) is 3.67. The number of aryl methyl sites for hydroxylation is 1. The van der Waals surface area contributed by atoms with Gasteiger partial charge in [0.05, 0.1) is 5.69 Å². The quantitative estimate of drug-likeness (QED) is 0.686. The molecule has 8 heteroatoms. The molecule has 1 aliphatic carbocycles. The van der Waals surface area contributed by atoms with Crippen LogP contribution in [-0.2, 0) is 6.18 Å². The maximum absolute atomic E-state index is 13.7. The molecule has 0 bridgehead atoms. The van der Waals surface area contributed by atoms with Crippen LogP contribution in [0.25, 0.3) is 16.9 Å². The smallest absolute Gasteiger partial charge is 0.348 e. The van der Waals surface area contributed by atoms with Crippen molar-refractivity contribution in [3.05, 3.63) is 53.3 Å². The van der Waals surface area contributed by atoms with Crippen LogP contribution in [0.3, 0.4) is 0 Å². The van der Waals surface area contributed by atoms with Crippen LogP contribution in [-0.4, -0.2) is 26.5 Å². The van der Waals surface area contributed by atoms with Crippen molar-refractivity contribution in [2.75, 3.05) is 0 Å². The van der Waals surface area contributed by atoms with E-state index in [0.717, 1.165) is 43.7 Å². The highest BCUT2D eigenvalue weighted by Gasteiger charge is 2.35. The van der Waals surface area contributed by atoms with Crippen LogP contribution >= 0.6 is 0 Å². The highest BCUT2D eigenvalue weighted by atomic mass is 19.4. The molecular weight excluding hydrogens is 381 g/mol. The van der Waals surface area contributed by atoms with Gasteiger partial charge in [-0.25, -0.2) is 9.50 Å². The topological polar surface area (TPSA) is 59.3 Å². The van der Waals surface area contributed by atoms with Gasteiger partial charge in [-0.2, -0.15) is 18.3 Å². The molecule has 5 nitrogen and oxygen atoms in total. The molecule has 1 saturated carbocycles. The lowest BCUT2D eigenvalue weighted by molar-refractivity contribution is -0.142. The van der Waals surface area contributed by atoms with Gasteiger partial charge in [-0.05, 0) is 25.8 Å². The molecule has 0 aliphatic heterocycles. The second-order valence-electron chi connectivity index (χ2n) is 7.50. The van der Waals surface area contributed by atoms with Crippen LogP contribution < -0.4 is 5.32 Å². The van der Waals surface area contributed by atoms with Crippen molar-refractivity contribution < 1.29 is 18.0 Å². The molecule has 2 heterocycles. The summed E-state index contributed by atoms with van der Waals surface area (Å²) in [5, 5.41) is 6.80. The zero-order valence-corrected chi connectivity index (χ0v) is 16.0. The van der Waals surface area contributed by atoms with Crippen LogP contribution in [0, 0.1) is 6.92 Å². The summed E-state index contributed by atoms with van der Waals surface area (Å²) in [7, 11) is 0. The number of hydrogen-bond donors (Lipinski definition) is 1. The van der Waals surface area contributed by atoms with Crippen molar-refractivity contribution in [2.45, 2.75) is 51.2 Å². The number of carbonyl (C=O) groups is 1. The van der Waals surface area contributed by atoms with Crippen LogP contribution in [0.5, 0.6) is 0 Å². The lowest BCUT2D eigenvalue weighted by atomic mass is 9.95. The summed E-state index contributed by atoms with van der Waals surface area (Å²) >= 11 is 0. The van der Waals surface area contributed by atoms with Gasteiger partial charge in [-0.3, -0.25) is 4.79 Å². The summed E-state index contributed by atoms with van der Waals surface area (Å²) in [5.41, 5.74) is 0.715. The van der Waals surface area contributed by atoms with Gasteiger partial charge in [0.15, 0.2) is 17.0 Å². The molecule has 2 aromatic heterocycles. The fraction of sp³-hybridized carbons (Fsp3) is 0.381. The molecule has 1 amide bonds. The Morgan fingerprint density at radius 3 is 2.45 bits per heavy atom. The third kappa shape index (κ3) is 4.11. The van der Waals surface area contributed by atoms with Crippen molar-refractivity contribution in [3.8, 4) is 11.3 Å². The first-order valence-electron chi connectivity index (χ1n) is 9.67. The molecule has 4 rings (SSSR count). The predicted molar refractivity (Wildman–Crippen MR) is 103 cm³/mol. The van der Waals surface area contributed by atoms with E-state index in [1.54, 1.807) is 12.1 Å². The fourth-order valence-electron chi connectivity index (χ4n) is 3.67. The van der Waals surface area contributed by atoms with E-state index in [-0.39, 0.29) is 23.1 Å². The summed E-state index contributed by atoms with van der Waals surface area (Å²) in [6.07, 6.45) is 0.336. The van der Waals surface area contributed by atoms with E-state index >= 15 is 0 Å². The molecule has 0 atom stereocenters. The number of aromatic nitrogens is 3. The number of nitrogens with one attached hydrogen (secondary N) is 1. The minimum Gasteiger partial charge on any atom is -0.348 e. The lowest BCUT2D eigenvalue weighted by Crippen LogP contribution is -2.36. The molecule has 1 aliphatic rings. The highest BCUT2D eigenvalue weighted by Crippen LogP contribution is 2.32. The zero-order chi connectivity index (χ0) is 20.6. The van der Waals surface area contributed by atoms with E-state index in [1.165, 1.54) is 6.07 Å². The minimum atomic E-state index is -4.64. The molecule has 1 fully saturated rings. The summed E-state index contributed by atoms with van der Waals surface area (Å²) in [4.78, 5) is 16.9. The number of nitrogens with zero attached hydrogens (tertiary/aromatic N) is 3. The number of hydrogen-bond acceptors (Lipinski definition) is 3. The van der Waals surface area contributed by atoms with Crippen molar-refractivity contribution in [3.63, 3.8) is 0 Å². The number of benzene rings is 1. The highest BCUT2D eigenvalue weighted by molar-refractivity contribution is 5.93. The second-order valence-corrected chi connectivity index (χ2v) is 7.50. The Bertz CT molecular complexity index is 1030. The third-order valence-electron chi connectivity index (χ3n) is 5.24. The Morgan fingerprint density at radius 1 is 1.10 bits per heavy atom. The van der Waals surface area contributed by atoms with Crippen LogP contribution in [0.2, 0.25) is 0 Å². The Labute approximate surface area is 166 Å². The molecule has 0 saturated heterocycles. The van der Waals surface area contributed by atoms with Crippen LogP contribution in [0.15, 0.2) is 36.4 Å². The van der Waals surface area contributed by atoms with Crippen LogP contribution in [0.4, 0.5) is 13.2 Å². The van der Waals surface area contributed by atoms with E-state index in [2.05, 4.69) is 15.4 Å². The molecule has 0 spiro atoms. The summed E-state index contributed by atoms with van der Waals surface area (Å²) in [5.74, 6) is -0.465. The van der Waals surface area contributed by atoms with Crippen LogP contribution in [0.1, 0.15) is 53.8 Å².